The highest BCUT2D eigenvalue weighted by Crippen LogP contribution is 2.23. The molecule has 0 radical (unpaired) electrons. The number of unbranched alkanes of at least 4 members (excludes halogenated alkanes) is 36. The van der Waals surface area contributed by atoms with E-state index < -0.39 is 49.5 Å². The molecule has 0 aromatic heterocycles. The number of esters is 1. The van der Waals surface area contributed by atoms with E-state index in [2.05, 4.69) is 67.8 Å². The Morgan fingerprint density at radius 3 is 1.30 bits per heavy atom. The molecule has 0 aromatic carbocycles. The smallest absolute Gasteiger partial charge is 0.305 e. The predicted molar refractivity (Wildman–Crippen MR) is 333 cm³/mol. The molecule has 0 bridgehead atoms. The van der Waals surface area contributed by atoms with Gasteiger partial charge in [-0.2, -0.15) is 0 Å². The number of aliphatic hydroxyl groups excluding tert-OH is 5. The van der Waals surface area contributed by atoms with Crippen LogP contribution in [0.3, 0.4) is 0 Å². The number of ether oxygens (including phenoxy) is 3. The molecule has 466 valence electrons. The number of rotatable bonds is 58. The molecule has 1 heterocycles. The van der Waals surface area contributed by atoms with Gasteiger partial charge in [-0.1, -0.05) is 261 Å². The monoisotopic (exact) mass is 1130 g/mol. The molecule has 11 heteroatoms. The van der Waals surface area contributed by atoms with E-state index in [1.54, 1.807) is 6.08 Å². The highest BCUT2D eigenvalue weighted by atomic mass is 16.7. The number of hydrogen-bond acceptors (Lipinski definition) is 10. The second-order valence-corrected chi connectivity index (χ2v) is 23.2. The van der Waals surface area contributed by atoms with Crippen LogP contribution < -0.4 is 5.32 Å². The summed E-state index contributed by atoms with van der Waals surface area (Å²) in [6.45, 7) is 4.27. The predicted octanol–water partition coefficient (Wildman–Crippen LogP) is 16.6. The maximum Gasteiger partial charge on any atom is 0.305 e. The molecule has 80 heavy (non-hydrogen) atoms. The maximum absolute atomic E-state index is 13.0. The molecule has 1 aliphatic heterocycles. The minimum atomic E-state index is -1.57. The molecule has 0 aliphatic carbocycles. The molecule has 1 amide bonds. The van der Waals surface area contributed by atoms with Crippen LogP contribution in [0, 0.1) is 0 Å². The van der Waals surface area contributed by atoms with Crippen LogP contribution >= 0.6 is 0 Å². The van der Waals surface area contributed by atoms with Gasteiger partial charge in [0.25, 0.3) is 0 Å². The van der Waals surface area contributed by atoms with Gasteiger partial charge >= 0.3 is 5.97 Å². The van der Waals surface area contributed by atoms with Gasteiger partial charge in [-0.05, 0) is 89.9 Å². The molecular weight excluding hydrogens is 1000 g/mol. The van der Waals surface area contributed by atoms with E-state index in [4.69, 9.17) is 14.2 Å². The Morgan fingerprint density at radius 2 is 0.850 bits per heavy atom. The summed E-state index contributed by atoms with van der Waals surface area (Å²) in [5.74, 6) is -0.197. The molecule has 7 atom stereocenters. The van der Waals surface area contributed by atoms with Crippen LogP contribution in [-0.2, 0) is 23.8 Å². The Labute approximate surface area is 490 Å². The fourth-order valence-corrected chi connectivity index (χ4v) is 10.2. The summed E-state index contributed by atoms with van der Waals surface area (Å²) >= 11 is 0. The van der Waals surface area contributed by atoms with Crippen molar-refractivity contribution in [1.29, 1.82) is 0 Å². The zero-order valence-electron chi connectivity index (χ0n) is 51.5. The lowest BCUT2D eigenvalue weighted by Gasteiger charge is -2.40. The fourth-order valence-electron chi connectivity index (χ4n) is 10.2. The first-order valence-electron chi connectivity index (χ1n) is 33.6. The first kappa shape index (κ1) is 75.4. The largest absolute Gasteiger partial charge is 0.466 e. The lowest BCUT2D eigenvalue weighted by molar-refractivity contribution is -0.302. The third kappa shape index (κ3) is 46.8. The lowest BCUT2D eigenvalue weighted by Crippen LogP contribution is -2.60. The zero-order chi connectivity index (χ0) is 58.0. The van der Waals surface area contributed by atoms with Crippen LogP contribution in [0.2, 0.25) is 0 Å². The summed E-state index contributed by atoms with van der Waals surface area (Å²) in [7, 11) is 0. The molecule has 11 nitrogen and oxygen atoms in total. The Hall–Kier alpha value is -2.64. The van der Waals surface area contributed by atoms with Gasteiger partial charge in [-0.3, -0.25) is 9.59 Å². The average molecular weight is 1130 g/mol. The minimum absolute atomic E-state index is 0.0119. The number of nitrogens with one attached hydrogen (secondary N) is 1. The number of allylic oxidation sites excluding steroid dienone is 9. The Balaban J connectivity index is 1.95. The fraction of sp³-hybridized carbons (Fsp3) is 0.826. The van der Waals surface area contributed by atoms with E-state index in [1.807, 2.05) is 6.08 Å². The van der Waals surface area contributed by atoms with Gasteiger partial charge in [0.15, 0.2) is 6.29 Å². The minimum Gasteiger partial charge on any atom is -0.466 e. The van der Waals surface area contributed by atoms with E-state index in [1.165, 1.54) is 199 Å². The molecule has 0 aromatic rings. The summed E-state index contributed by atoms with van der Waals surface area (Å²) < 4.78 is 16.7. The Morgan fingerprint density at radius 1 is 0.463 bits per heavy atom. The zero-order valence-corrected chi connectivity index (χ0v) is 51.5. The first-order chi connectivity index (χ1) is 39.2. The number of hydrogen-bond donors (Lipinski definition) is 6. The van der Waals surface area contributed by atoms with Crippen molar-refractivity contribution in [3.8, 4) is 0 Å². The van der Waals surface area contributed by atoms with Crippen LogP contribution in [0.1, 0.15) is 303 Å². The second-order valence-electron chi connectivity index (χ2n) is 23.2. The Kier molecular flexibility index (Phi) is 54.8. The van der Waals surface area contributed by atoms with Crippen LogP contribution in [0.15, 0.2) is 60.8 Å². The van der Waals surface area contributed by atoms with Crippen molar-refractivity contribution in [3.05, 3.63) is 60.8 Å². The van der Waals surface area contributed by atoms with Gasteiger partial charge in [0.2, 0.25) is 5.91 Å². The van der Waals surface area contributed by atoms with Crippen molar-refractivity contribution < 1.29 is 49.3 Å². The van der Waals surface area contributed by atoms with E-state index in [-0.39, 0.29) is 18.5 Å². The van der Waals surface area contributed by atoms with Crippen LogP contribution in [0.25, 0.3) is 0 Å². The van der Waals surface area contributed by atoms with Gasteiger partial charge in [0.05, 0.1) is 32.0 Å². The van der Waals surface area contributed by atoms with E-state index in [9.17, 15) is 35.1 Å². The number of aliphatic hydroxyl groups is 5. The van der Waals surface area contributed by atoms with Gasteiger partial charge in [0.1, 0.15) is 24.4 Å². The highest BCUT2D eigenvalue weighted by Gasteiger charge is 2.44. The molecule has 0 saturated carbocycles. The summed E-state index contributed by atoms with van der Waals surface area (Å²) in [6, 6.07) is -0.810. The topological polar surface area (TPSA) is 175 Å². The first-order valence-corrected chi connectivity index (χ1v) is 33.6. The number of amides is 1. The number of carbonyl (C=O) groups is 2. The normalized spacial score (nSPS) is 18.7. The maximum atomic E-state index is 13.0. The molecule has 1 fully saturated rings. The molecular formula is C69H125NO10. The third-order valence-electron chi connectivity index (χ3n) is 15.6. The molecule has 7 unspecified atom stereocenters. The van der Waals surface area contributed by atoms with Crippen molar-refractivity contribution >= 4 is 11.9 Å². The summed E-state index contributed by atoms with van der Waals surface area (Å²) in [4.78, 5) is 25.1. The summed E-state index contributed by atoms with van der Waals surface area (Å²) in [5.41, 5.74) is 0. The van der Waals surface area contributed by atoms with E-state index >= 15 is 0 Å². The molecule has 1 aliphatic rings. The molecule has 1 saturated heterocycles. The molecule has 0 spiro atoms. The van der Waals surface area contributed by atoms with Crippen molar-refractivity contribution in [2.75, 3.05) is 19.8 Å². The highest BCUT2D eigenvalue weighted by molar-refractivity contribution is 5.76. The standard InChI is InChI=1S/C69H125NO10/c1-3-5-7-9-11-13-14-15-34-37-41-45-49-53-57-65(74)78-58-54-50-46-42-38-35-32-30-28-26-24-22-20-18-16-17-19-21-23-25-27-29-31-33-36-40-44-48-52-56-64(73)70-61(62(72)55-51-47-43-39-12-10-8-6-4-2)60-79-69-68(77)67(76)66(75)63(59-71)80-69/h9,11,14-16,18,22,24,51,55,61-63,66-69,71-72,75-77H,3-8,10,12-13,17,19-21,23,25-50,52-54,56-60H2,1-2H3,(H,70,73)/b11-9-,15-14-,18-16-,24-22-,55-51+. The molecule has 1 rings (SSSR count). The van der Waals surface area contributed by atoms with Gasteiger partial charge in [-0.25, -0.2) is 0 Å². The summed E-state index contributed by atoms with van der Waals surface area (Å²) in [5, 5.41) is 54.3. The van der Waals surface area contributed by atoms with Crippen molar-refractivity contribution in [2.24, 2.45) is 0 Å². The van der Waals surface area contributed by atoms with Crippen LogP contribution in [0.5, 0.6) is 0 Å². The van der Waals surface area contributed by atoms with Gasteiger partial charge in [0, 0.05) is 12.8 Å². The summed E-state index contributed by atoms with van der Waals surface area (Å²) in [6.07, 6.45) is 66.4. The second kappa shape index (κ2) is 58.1. The van der Waals surface area contributed by atoms with Crippen molar-refractivity contribution in [1.82, 2.24) is 5.32 Å². The lowest BCUT2D eigenvalue weighted by atomic mass is 9.99. The SMILES string of the molecule is CCCC/C=C\C/C=C\CCCCCCCC(=O)OCCCCCCCCCCC/C=C\C/C=C\CCCCCCCCCCCCCCCC(=O)NC(COC1OC(CO)C(O)C(O)C1O)C(O)/C=C/CCCCCCCCC. The quantitative estimate of drug-likeness (QED) is 0.0195. The Bertz CT molecular complexity index is 1510. The van der Waals surface area contributed by atoms with Crippen LogP contribution in [0.4, 0.5) is 0 Å². The molecule has 6 N–H and O–H groups in total. The van der Waals surface area contributed by atoms with Crippen molar-refractivity contribution in [3.63, 3.8) is 0 Å². The van der Waals surface area contributed by atoms with E-state index in [0.717, 1.165) is 77.0 Å². The van der Waals surface area contributed by atoms with Crippen LogP contribution in [-0.4, -0.2) is 100 Å². The van der Waals surface area contributed by atoms with Crippen molar-refractivity contribution in [2.45, 2.75) is 346 Å². The van der Waals surface area contributed by atoms with Gasteiger partial charge in [-0.15, -0.1) is 0 Å². The number of carbonyl (C=O) groups excluding carboxylic acids is 2. The third-order valence-corrected chi connectivity index (χ3v) is 15.6. The van der Waals surface area contributed by atoms with Gasteiger partial charge < -0.3 is 45.1 Å². The average Bonchev–Trinajstić information content (AvgIpc) is 3.49. The van der Waals surface area contributed by atoms with E-state index in [0.29, 0.717) is 19.4 Å².